The summed E-state index contributed by atoms with van der Waals surface area (Å²) >= 11 is 5.94. The number of hydrogen-bond acceptors (Lipinski definition) is 6. The Balaban J connectivity index is 1.29. The summed E-state index contributed by atoms with van der Waals surface area (Å²) in [6.45, 7) is 2.51. The molecule has 3 heterocycles. The van der Waals surface area contributed by atoms with Crippen molar-refractivity contribution in [3.63, 3.8) is 0 Å². The molecule has 2 aliphatic heterocycles. The summed E-state index contributed by atoms with van der Waals surface area (Å²) in [7, 11) is 0. The monoisotopic (exact) mass is 438 g/mol. The molecular formula is C22H19ClN4O4. The standard InChI is InChI=1S/C22H19ClN4O4/c23-16-2-4-17(5-3-16)27-21(28)8-7-20(24-27)25-9-11-26(12-10-25)22(29)15-1-6-18-19(13-15)31-14-30-18/h1-8,13H,9-12,14H2. The SMILES string of the molecule is O=C(c1ccc2c(c1)OCO2)N1CCN(c2ccc(=O)n(-c3ccc(Cl)cc3)n2)CC1. The molecule has 0 atom stereocenters. The second kappa shape index (κ2) is 7.96. The zero-order valence-corrected chi connectivity index (χ0v) is 17.3. The average Bonchev–Trinajstić information content (AvgIpc) is 3.28. The summed E-state index contributed by atoms with van der Waals surface area (Å²) in [5, 5.41) is 5.11. The van der Waals surface area contributed by atoms with Gasteiger partial charge in [-0.25, -0.2) is 0 Å². The molecule has 0 saturated carbocycles. The van der Waals surface area contributed by atoms with Crippen molar-refractivity contribution in [2.75, 3.05) is 37.9 Å². The molecule has 0 N–H and O–H groups in total. The largest absolute Gasteiger partial charge is 0.454 e. The van der Waals surface area contributed by atoms with Crippen molar-refractivity contribution in [2.24, 2.45) is 0 Å². The number of piperazine rings is 1. The minimum atomic E-state index is -0.220. The molecule has 1 amide bonds. The fourth-order valence-electron chi connectivity index (χ4n) is 3.69. The molecule has 1 saturated heterocycles. The maximum absolute atomic E-state index is 12.9. The highest BCUT2D eigenvalue weighted by Crippen LogP contribution is 2.33. The van der Waals surface area contributed by atoms with Gasteiger partial charge in [-0.15, -0.1) is 5.10 Å². The normalized spacial score (nSPS) is 15.3. The maximum Gasteiger partial charge on any atom is 0.271 e. The zero-order chi connectivity index (χ0) is 21.4. The van der Waals surface area contributed by atoms with E-state index in [-0.39, 0.29) is 18.3 Å². The Morgan fingerprint density at radius 1 is 0.903 bits per heavy atom. The highest BCUT2D eigenvalue weighted by molar-refractivity contribution is 6.30. The minimum Gasteiger partial charge on any atom is -0.454 e. The van der Waals surface area contributed by atoms with Gasteiger partial charge < -0.3 is 19.3 Å². The van der Waals surface area contributed by atoms with Crippen LogP contribution >= 0.6 is 11.6 Å². The van der Waals surface area contributed by atoms with Crippen molar-refractivity contribution in [1.29, 1.82) is 0 Å². The van der Waals surface area contributed by atoms with Crippen LogP contribution in [0.15, 0.2) is 59.4 Å². The van der Waals surface area contributed by atoms with Gasteiger partial charge in [0.2, 0.25) is 6.79 Å². The Morgan fingerprint density at radius 2 is 1.65 bits per heavy atom. The summed E-state index contributed by atoms with van der Waals surface area (Å²) in [4.78, 5) is 29.1. The number of anilines is 1. The number of carbonyl (C=O) groups excluding carboxylic acids is 1. The quantitative estimate of drug-likeness (QED) is 0.625. The second-order valence-corrected chi connectivity index (χ2v) is 7.70. The van der Waals surface area contributed by atoms with Crippen LogP contribution in [-0.2, 0) is 0 Å². The predicted molar refractivity (Wildman–Crippen MR) is 116 cm³/mol. The molecule has 9 heteroatoms. The minimum absolute atomic E-state index is 0.0444. The lowest BCUT2D eigenvalue weighted by molar-refractivity contribution is 0.0746. The topological polar surface area (TPSA) is 76.9 Å². The molecule has 31 heavy (non-hydrogen) atoms. The van der Waals surface area contributed by atoms with Crippen molar-refractivity contribution in [3.05, 3.63) is 75.5 Å². The molecule has 158 valence electrons. The molecule has 0 aliphatic carbocycles. The van der Waals surface area contributed by atoms with E-state index in [1.54, 1.807) is 48.5 Å². The highest BCUT2D eigenvalue weighted by Gasteiger charge is 2.25. The van der Waals surface area contributed by atoms with Crippen LogP contribution in [0.3, 0.4) is 0 Å². The first-order chi connectivity index (χ1) is 15.1. The van der Waals surface area contributed by atoms with E-state index >= 15 is 0 Å². The van der Waals surface area contributed by atoms with Gasteiger partial charge in [0.25, 0.3) is 11.5 Å². The smallest absolute Gasteiger partial charge is 0.271 e. The number of ether oxygens (including phenoxy) is 2. The van der Waals surface area contributed by atoms with Crippen LogP contribution in [0.4, 0.5) is 5.82 Å². The van der Waals surface area contributed by atoms with Gasteiger partial charge in [0, 0.05) is 42.8 Å². The zero-order valence-electron chi connectivity index (χ0n) is 16.5. The molecule has 5 rings (SSSR count). The molecule has 3 aromatic rings. The van der Waals surface area contributed by atoms with Gasteiger partial charge in [-0.1, -0.05) is 11.6 Å². The third-order valence-electron chi connectivity index (χ3n) is 5.37. The Morgan fingerprint density at radius 3 is 2.42 bits per heavy atom. The first-order valence-corrected chi connectivity index (χ1v) is 10.3. The van der Waals surface area contributed by atoms with Gasteiger partial charge in [0.05, 0.1) is 5.69 Å². The van der Waals surface area contributed by atoms with E-state index in [9.17, 15) is 9.59 Å². The second-order valence-electron chi connectivity index (χ2n) is 7.27. The van der Waals surface area contributed by atoms with E-state index in [1.165, 1.54) is 10.7 Å². The van der Waals surface area contributed by atoms with Crippen LogP contribution < -0.4 is 19.9 Å². The van der Waals surface area contributed by atoms with Gasteiger partial charge >= 0.3 is 0 Å². The van der Waals surface area contributed by atoms with Crippen LogP contribution in [0.25, 0.3) is 5.69 Å². The van der Waals surface area contributed by atoms with Gasteiger partial charge in [-0.3, -0.25) is 9.59 Å². The molecule has 0 unspecified atom stereocenters. The predicted octanol–water partition coefficient (Wildman–Crippen LogP) is 2.58. The molecule has 2 aliphatic rings. The third kappa shape index (κ3) is 3.82. The molecule has 0 bridgehead atoms. The number of amides is 1. The summed E-state index contributed by atoms with van der Waals surface area (Å²) in [6, 6.07) is 15.4. The van der Waals surface area contributed by atoms with Gasteiger partial charge in [-0.05, 0) is 48.5 Å². The number of carbonyl (C=O) groups is 1. The van der Waals surface area contributed by atoms with Crippen molar-refractivity contribution >= 4 is 23.3 Å². The number of rotatable bonds is 3. The van der Waals surface area contributed by atoms with Gasteiger partial charge in [0.1, 0.15) is 5.82 Å². The van der Waals surface area contributed by atoms with E-state index in [2.05, 4.69) is 10.00 Å². The molecule has 1 aromatic heterocycles. The summed E-state index contributed by atoms with van der Waals surface area (Å²) in [5.74, 6) is 1.89. The number of fused-ring (bicyclic) bond motifs is 1. The average molecular weight is 439 g/mol. The van der Waals surface area contributed by atoms with Gasteiger partial charge in [-0.2, -0.15) is 4.68 Å². The van der Waals surface area contributed by atoms with Crippen molar-refractivity contribution in [2.45, 2.75) is 0 Å². The number of aromatic nitrogens is 2. The molecule has 0 radical (unpaired) electrons. The fourth-order valence-corrected chi connectivity index (χ4v) is 3.81. The Bertz CT molecular complexity index is 1190. The lowest BCUT2D eigenvalue weighted by Gasteiger charge is -2.35. The summed E-state index contributed by atoms with van der Waals surface area (Å²) < 4.78 is 12.0. The summed E-state index contributed by atoms with van der Waals surface area (Å²) in [6.07, 6.45) is 0. The molecule has 2 aromatic carbocycles. The van der Waals surface area contributed by atoms with Gasteiger partial charge in [0.15, 0.2) is 11.5 Å². The molecule has 1 fully saturated rings. The number of halogens is 1. The van der Waals surface area contributed by atoms with E-state index in [0.717, 1.165) is 0 Å². The van der Waals surface area contributed by atoms with Crippen LogP contribution in [0.2, 0.25) is 5.02 Å². The fraction of sp³-hybridized carbons (Fsp3) is 0.227. The molecule has 0 spiro atoms. The lowest BCUT2D eigenvalue weighted by atomic mass is 10.1. The maximum atomic E-state index is 12.9. The van der Waals surface area contributed by atoms with E-state index in [1.807, 2.05) is 4.90 Å². The van der Waals surface area contributed by atoms with Crippen LogP contribution in [0.1, 0.15) is 10.4 Å². The Kier molecular flexibility index (Phi) is 4.99. The highest BCUT2D eigenvalue weighted by atomic mass is 35.5. The first kappa shape index (κ1) is 19.4. The van der Waals surface area contributed by atoms with E-state index in [4.69, 9.17) is 21.1 Å². The van der Waals surface area contributed by atoms with E-state index < -0.39 is 0 Å². The molecule has 8 nitrogen and oxygen atoms in total. The van der Waals surface area contributed by atoms with Crippen LogP contribution in [-0.4, -0.2) is 53.6 Å². The number of hydrogen-bond donors (Lipinski definition) is 0. The van der Waals surface area contributed by atoms with Crippen LogP contribution in [0, 0.1) is 0 Å². The first-order valence-electron chi connectivity index (χ1n) is 9.89. The Hall–Kier alpha value is -3.52. The van der Waals surface area contributed by atoms with Crippen molar-refractivity contribution < 1.29 is 14.3 Å². The van der Waals surface area contributed by atoms with Crippen molar-refractivity contribution in [3.8, 4) is 17.2 Å². The number of nitrogens with zero attached hydrogens (tertiary/aromatic N) is 4. The van der Waals surface area contributed by atoms with Crippen molar-refractivity contribution in [1.82, 2.24) is 14.7 Å². The third-order valence-corrected chi connectivity index (χ3v) is 5.62. The Labute approximate surface area is 183 Å². The summed E-state index contributed by atoms with van der Waals surface area (Å²) in [5.41, 5.74) is 1.00. The van der Waals surface area contributed by atoms with Crippen LogP contribution in [0.5, 0.6) is 11.5 Å². The van der Waals surface area contributed by atoms with E-state index in [0.29, 0.717) is 59.8 Å². The lowest BCUT2D eigenvalue weighted by Crippen LogP contribution is -2.49. The number of benzene rings is 2. The molecular weight excluding hydrogens is 420 g/mol.